The van der Waals surface area contributed by atoms with E-state index in [1.54, 1.807) is 11.3 Å². The third kappa shape index (κ3) is 4.91. The Kier molecular flexibility index (Phi) is 6.68. The zero-order chi connectivity index (χ0) is 20.1. The van der Waals surface area contributed by atoms with Gasteiger partial charge >= 0.3 is 0 Å². The number of nitrogens with zero attached hydrogens (tertiary/aromatic N) is 3. The number of anilines is 2. The van der Waals surface area contributed by atoms with Crippen molar-refractivity contribution in [2.45, 2.75) is 30.1 Å². The summed E-state index contributed by atoms with van der Waals surface area (Å²) in [6, 6.07) is 12.1. The molecule has 1 unspecified atom stereocenters. The number of nitrogens with one attached hydrogen (secondary N) is 1. The predicted octanol–water partition coefficient (Wildman–Crippen LogP) is 5.20. The van der Waals surface area contributed by atoms with Crippen molar-refractivity contribution in [3.8, 4) is 5.75 Å². The quantitative estimate of drug-likeness (QED) is 0.480. The highest BCUT2D eigenvalue weighted by Crippen LogP contribution is 2.36. The first kappa shape index (κ1) is 20.2. The normalized spacial score (nSPS) is 16.2. The molecule has 1 N–H and O–H groups in total. The molecule has 1 aliphatic heterocycles. The van der Waals surface area contributed by atoms with Crippen molar-refractivity contribution >= 4 is 51.2 Å². The van der Waals surface area contributed by atoms with Crippen LogP contribution in [0.25, 0.3) is 0 Å². The lowest BCUT2D eigenvalue weighted by Gasteiger charge is -2.23. The van der Waals surface area contributed by atoms with Crippen molar-refractivity contribution in [2.75, 3.05) is 24.2 Å². The second kappa shape index (κ2) is 9.60. The molecule has 0 bridgehead atoms. The molecule has 0 aliphatic carbocycles. The van der Waals surface area contributed by atoms with E-state index in [1.165, 1.54) is 28.0 Å². The van der Waals surface area contributed by atoms with Gasteiger partial charge in [0, 0.05) is 11.4 Å². The molecule has 4 rings (SSSR count). The molecule has 152 valence electrons. The van der Waals surface area contributed by atoms with Crippen molar-refractivity contribution in [1.82, 2.24) is 15.1 Å². The fourth-order valence-corrected chi connectivity index (χ4v) is 5.86. The van der Waals surface area contributed by atoms with Crippen LogP contribution < -0.4 is 10.1 Å². The molecule has 3 aromatic rings. The molecule has 0 radical (unpaired) electrons. The maximum Gasteiger partial charge on any atom is 0.233 e. The summed E-state index contributed by atoms with van der Waals surface area (Å²) in [5.74, 6) is 1.33. The minimum Gasteiger partial charge on any atom is -0.492 e. The van der Waals surface area contributed by atoms with Gasteiger partial charge in [-0.1, -0.05) is 41.3 Å². The first-order valence-electron chi connectivity index (χ1n) is 9.52. The molecule has 1 fully saturated rings. The van der Waals surface area contributed by atoms with Crippen LogP contribution in [0.3, 0.4) is 0 Å². The summed E-state index contributed by atoms with van der Waals surface area (Å²) in [5, 5.41) is 14.4. The number of para-hydroxylation sites is 2. The zero-order valence-electron chi connectivity index (χ0n) is 16.0. The van der Waals surface area contributed by atoms with Gasteiger partial charge in [-0.25, -0.2) is 0 Å². The lowest BCUT2D eigenvalue weighted by Crippen LogP contribution is -2.31. The molecule has 0 spiro atoms. The Morgan fingerprint density at radius 3 is 3.03 bits per heavy atom. The number of ether oxygens (including phenoxy) is 1. The third-order valence-electron chi connectivity index (χ3n) is 4.60. The van der Waals surface area contributed by atoms with Crippen LogP contribution in [0.5, 0.6) is 5.75 Å². The number of thioether (sulfide) groups is 1. The maximum atomic E-state index is 12.8. The fraction of sp³-hybridized carbons (Fsp3) is 0.350. The van der Waals surface area contributed by atoms with Gasteiger partial charge in [0.2, 0.25) is 11.0 Å². The molecule has 3 heterocycles. The summed E-state index contributed by atoms with van der Waals surface area (Å²) in [7, 11) is 0. The average Bonchev–Trinajstić information content (AvgIpc) is 3.49. The molecule has 1 atom stereocenters. The van der Waals surface area contributed by atoms with Crippen LogP contribution in [0.1, 0.15) is 30.7 Å². The molecule has 1 aromatic carbocycles. The van der Waals surface area contributed by atoms with E-state index < -0.39 is 0 Å². The Morgan fingerprint density at radius 2 is 2.21 bits per heavy atom. The van der Waals surface area contributed by atoms with Gasteiger partial charge in [0.25, 0.3) is 0 Å². The second-order valence-corrected chi connectivity index (χ2v) is 9.66. The highest BCUT2D eigenvalue weighted by molar-refractivity contribution is 8.01. The molecule has 1 aliphatic rings. The molecular weight excluding hydrogens is 424 g/mol. The van der Waals surface area contributed by atoms with E-state index in [-0.39, 0.29) is 11.9 Å². The lowest BCUT2D eigenvalue weighted by atomic mass is 10.2. The zero-order valence-corrected chi connectivity index (χ0v) is 18.5. The summed E-state index contributed by atoms with van der Waals surface area (Å²) in [6.45, 7) is 3.39. The standard InChI is InChI=1S/C20H22N4O2S3/c1-2-26-16-9-4-3-7-14(16)21-19-22-23-20(29-19)28-13-18(25)24-11-5-8-15(24)17-10-6-12-27-17/h3-4,6-7,9-10,12,15H,2,5,8,11,13H2,1H3,(H,21,22). The summed E-state index contributed by atoms with van der Waals surface area (Å²) in [4.78, 5) is 16.1. The summed E-state index contributed by atoms with van der Waals surface area (Å²) < 4.78 is 6.41. The van der Waals surface area contributed by atoms with E-state index in [0.29, 0.717) is 17.5 Å². The maximum absolute atomic E-state index is 12.8. The Morgan fingerprint density at radius 1 is 1.31 bits per heavy atom. The highest BCUT2D eigenvalue weighted by Gasteiger charge is 2.30. The van der Waals surface area contributed by atoms with Crippen molar-refractivity contribution in [1.29, 1.82) is 0 Å². The number of thiophene rings is 1. The van der Waals surface area contributed by atoms with Crippen molar-refractivity contribution < 1.29 is 9.53 Å². The molecule has 2 aromatic heterocycles. The predicted molar refractivity (Wildman–Crippen MR) is 120 cm³/mol. The van der Waals surface area contributed by atoms with Gasteiger partial charge in [0.05, 0.1) is 24.1 Å². The van der Waals surface area contributed by atoms with Crippen molar-refractivity contribution in [3.05, 3.63) is 46.7 Å². The molecule has 1 amide bonds. The summed E-state index contributed by atoms with van der Waals surface area (Å²) >= 11 is 4.61. The monoisotopic (exact) mass is 446 g/mol. The van der Waals surface area contributed by atoms with E-state index in [0.717, 1.165) is 35.2 Å². The number of rotatable bonds is 8. The third-order valence-corrected chi connectivity index (χ3v) is 7.53. The smallest absolute Gasteiger partial charge is 0.233 e. The van der Waals surface area contributed by atoms with Crippen LogP contribution in [0.15, 0.2) is 46.1 Å². The van der Waals surface area contributed by atoms with E-state index in [9.17, 15) is 4.79 Å². The first-order valence-corrected chi connectivity index (χ1v) is 12.2. The summed E-state index contributed by atoms with van der Waals surface area (Å²) in [6.07, 6.45) is 2.11. The van der Waals surface area contributed by atoms with Crippen LogP contribution in [0.2, 0.25) is 0 Å². The number of carbonyl (C=O) groups excluding carboxylic acids is 1. The lowest BCUT2D eigenvalue weighted by molar-refractivity contribution is -0.129. The van der Waals surface area contributed by atoms with Crippen molar-refractivity contribution in [2.24, 2.45) is 0 Å². The van der Waals surface area contributed by atoms with Crippen LogP contribution in [-0.4, -0.2) is 39.9 Å². The topological polar surface area (TPSA) is 67.3 Å². The average molecular weight is 447 g/mol. The van der Waals surface area contributed by atoms with Crippen molar-refractivity contribution in [3.63, 3.8) is 0 Å². The molecule has 9 heteroatoms. The Bertz CT molecular complexity index is 945. The molecule has 6 nitrogen and oxygen atoms in total. The number of aromatic nitrogens is 2. The number of carbonyl (C=O) groups is 1. The van der Waals surface area contributed by atoms with Gasteiger partial charge < -0.3 is 15.0 Å². The molecule has 0 saturated carbocycles. The number of likely N-dealkylation sites (tertiary alicyclic amines) is 1. The van der Waals surface area contributed by atoms with Gasteiger partial charge in [0.15, 0.2) is 4.34 Å². The Hall–Kier alpha value is -2.10. The van der Waals surface area contributed by atoms with Gasteiger partial charge in [-0.2, -0.15) is 0 Å². The first-order chi connectivity index (χ1) is 14.2. The van der Waals surface area contributed by atoms with Gasteiger partial charge in [-0.15, -0.1) is 21.5 Å². The van der Waals surface area contributed by atoms with Crippen LogP contribution in [-0.2, 0) is 4.79 Å². The van der Waals surface area contributed by atoms with E-state index >= 15 is 0 Å². The fourth-order valence-electron chi connectivity index (χ4n) is 3.33. The second-order valence-electron chi connectivity index (χ2n) is 6.48. The number of amides is 1. The number of hydrogen-bond acceptors (Lipinski definition) is 8. The number of benzene rings is 1. The van der Waals surface area contributed by atoms with E-state index in [2.05, 4.69) is 33.0 Å². The van der Waals surface area contributed by atoms with E-state index in [4.69, 9.17) is 4.74 Å². The van der Waals surface area contributed by atoms with Gasteiger partial charge in [-0.05, 0) is 43.3 Å². The Labute approximate surface area is 182 Å². The van der Waals surface area contributed by atoms with Gasteiger partial charge in [0.1, 0.15) is 5.75 Å². The molecule has 1 saturated heterocycles. The SMILES string of the molecule is CCOc1ccccc1Nc1nnc(SCC(=O)N2CCCC2c2cccs2)s1. The number of hydrogen-bond donors (Lipinski definition) is 1. The minimum absolute atomic E-state index is 0.164. The Balaban J connectivity index is 1.34. The largest absolute Gasteiger partial charge is 0.492 e. The van der Waals surface area contributed by atoms with Crippen LogP contribution in [0.4, 0.5) is 10.8 Å². The summed E-state index contributed by atoms with van der Waals surface area (Å²) in [5.41, 5.74) is 0.856. The van der Waals surface area contributed by atoms with Gasteiger partial charge in [-0.3, -0.25) is 4.79 Å². The molecule has 29 heavy (non-hydrogen) atoms. The molecular formula is C20H22N4O2S3. The highest BCUT2D eigenvalue weighted by atomic mass is 32.2. The minimum atomic E-state index is 0.164. The van der Waals surface area contributed by atoms with Crippen LogP contribution >= 0.6 is 34.4 Å². The van der Waals surface area contributed by atoms with Crippen LogP contribution in [0, 0.1) is 0 Å². The van der Waals surface area contributed by atoms with E-state index in [1.807, 2.05) is 36.1 Å².